The summed E-state index contributed by atoms with van der Waals surface area (Å²) in [4.78, 5) is 24.5. The van der Waals surface area contributed by atoms with E-state index in [-0.39, 0.29) is 18.6 Å². The van der Waals surface area contributed by atoms with Crippen molar-refractivity contribution in [1.29, 1.82) is 0 Å². The van der Waals surface area contributed by atoms with E-state index in [4.69, 9.17) is 5.11 Å². The second-order valence-electron chi connectivity index (χ2n) is 5.31. The van der Waals surface area contributed by atoms with Crippen molar-refractivity contribution >= 4 is 17.4 Å². The Hall–Kier alpha value is -2.62. The maximum atomic E-state index is 11.9. The van der Waals surface area contributed by atoms with Crippen LogP contribution < -0.4 is 4.90 Å². The highest BCUT2D eigenvalue weighted by Gasteiger charge is 2.10. The highest BCUT2D eigenvalue weighted by molar-refractivity contribution is 5.98. The summed E-state index contributed by atoms with van der Waals surface area (Å²) in [6, 6.07) is 15.4. The summed E-state index contributed by atoms with van der Waals surface area (Å²) in [5.41, 5.74) is 3.77. The van der Waals surface area contributed by atoms with Crippen LogP contribution in [0.5, 0.6) is 0 Å². The van der Waals surface area contributed by atoms with E-state index >= 15 is 0 Å². The van der Waals surface area contributed by atoms with Gasteiger partial charge in [0.1, 0.15) is 0 Å². The van der Waals surface area contributed by atoms with Gasteiger partial charge in [-0.15, -0.1) is 0 Å². The number of benzene rings is 2. The molecule has 0 saturated carbocycles. The summed E-state index contributed by atoms with van der Waals surface area (Å²) < 4.78 is 0. The second kappa shape index (κ2) is 6.89. The number of Topliss-reactive ketones (excluding diaryl/α,β-unsaturated/α-hetero) is 1. The molecule has 0 radical (unpaired) electrons. The minimum Gasteiger partial charge on any atom is -0.481 e. The number of anilines is 1. The number of para-hydroxylation sites is 1. The predicted molar refractivity (Wildman–Crippen MR) is 87.4 cm³/mol. The lowest BCUT2D eigenvalue weighted by Crippen LogP contribution is -2.09. The quantitative estimate of drug-likeness (QED) is 0.829. The van der Waals surface area contributed by atoms with Crippen LogP contribution in [0.3, 0.4) is 0 Å². The predicted octanol–water partition coefficient (Wildman–Crippen LogP) is 3.47. The number of carboxylic acids is 1. The highest BCUT2D eigenvalue weighted by atomic mass is 16.4. The summed E-state index contributed by atoms with van der Waals surface area (Å²) in [7, 11) is 3.98. The zero-order valence-corrected chi connectivity index (χ0v) is 12.7. The average molecular weight is 297 g/mol. The summed E-state index contributed by atoms with van der Waals surface area (Å²) >= 11 is 0. The van der Waals surface area contributed by atoms with Crippen LogP contribution in [0.2, 0.25) is 0 Å². The van der Waals surface area contributed by atoms with Gasteiger partial charge < -0.3 is 10.0 Å². The molecule has 0 fully saturated rings. The van der Waals surface area contributed by atoms with Gasteiger partial charge in [-0.05, 0) is 11.6 Å². The summed E-state index contributed by atoms with van der Waals surface area (Å²) in [5, 5.41) is 8.63. The molecule has 0 atom stereocenters. The van der Waals surface area contributed by atoms with E-state index in [9.17, 15) is 9.59 Å². The van der Waals surface area contributed by atoms with E-state index < -0.39 is 5.97 Å². The van der Waals surface area contributed by atoms with E-state index in [0.717, 1.165) is 16.8 Å². The Morgan fingerprint density at radius 3 is 2.18 bits per heavy atom. The Morgan fingerprint density at radius 2 is 1.59 bits per heavy atom. The van der Waals surface area contributed by atoms with Crippen LogP contribution in [-0.4, -0.2) is 31.0 Å². The van der Waals surface area contributed by atoms with Gasteiger partial charge in [0.25, 0.3) is 0 Å². The average Bonchev–Trinajstić information content (AvgIpc) is 2.52. The van der Waals surface area contributed by atoms with Crippen LogP contribution in [0.4, 0.5) is 5.69 Å². The molecule has 0 saturated heterocycles. The zero-order valence-electron chi connectivity index (χ0n) is 12.7. The summed E-state index contributed by atoms with van der Waals surface area (Å²) in [6.07, 6.45) is -0.104. The molecule has 0 aliphatic heterocycles. The molecule has 0 bridgehead atoms. The maximum absolute atomic E-state index is 11.9. The lowest BCUT2D eigenvalue weighted by Gasteiger charge is -2.17. The fraction of sp³-hybridized carbons (Fsp3) is 0.222. The van der Waals surface area contributed by atoms with Crippen molar-refractivity contribution in [2.24, 2.45) is 0 Å². The maximum Gasteiger partial charge on any atom is 0.303 e. The molecular weight excluding hydrogens is 278 g/mol. The van der Waals surface area contributed by atoms with Gasteiger partial charge in [-0.1, -0.05) is 42.5 Å². The third kappa shape index (κ3) is 3.73. The summed E-state index contributed by atoms with van der Waals surface area (Å²) in [5.74, 6) is -1.10. The Labute approximate surface area is 130 Å². The molecule has 0 heterocycles. The first-order valence-electron chi connectivity index (χ1n) is 7.11. The van der Waals surface area contributed by atoms with Gasteiger partial charge in [0.15, 0.2) is 5.78 Å². The third-order valence-corrected chi connectivity index (χ3v) is 3.47. The molecule has 22 heavy (non-hydrogen) atoms. The zero-order chi connectivity index (χ0) is 16.1. The Morgan fingerprint density at radius 1 is 0.955 bits per heavy atom. The van der Waals surface area contributed by atoms with Gasteiger partial charge in [-0.2, -0.15) is 0 Å². The lowest BCUT2D eigenvalue weighted by molar-refractivity contribution is -0.136. The minimum atomic E-state index is -0.954. The van der Waals surface area contributed by atoms with Crippen molar-refractivity contribution in [3.63, 3.8) is 0 Å². The molecule has 4 heteroatoms. The fourth-order valence-corrected chi connectivity index (χ4v) is 2.31. The van der Waals surface area contributed by atoms with Crippen molar-refractivity contribution in [2.45, 2.75) is 12.8 Å². The Balaban J connectivity index is 2.22. The largest absolute Gasteiger partial charge is 0.481 e. The number of aliphatic carboxylic acids is 1. The monoisotopic (exact) mass is 297 g/mol. The van der Waals surface area contributed by atoms with E-state index in [1.165, 1.54) is 0 Å². The Kier molecular flexibility index (Phi) is 4.94. The van der Waals surface area contributed by atoms with Gasteiger partial charge >= 0.3 is 5.97 Å². The number of rotatable bonds is 6. The molecule has 0 aliphatic carbocycles. The van der Waals surface area contributed by atoms with E-state index in [1.807, 2.05) is 55.4 Å². The lowest BCUT2D eigenvalue weighted by atomic mass is 9.99. The summed E-state index contributed by atoms with van der Waals surface area (Å²) in [6.45, 7) is 0. The SMILES string of the molecule is CN(C)c1ccccc1-c1ccc(C(=O)CCC(=O)O)cc1. The number of hydrogen-bond acceptors (Lipinski definition) is 3. The molecule has 1 N–H and O–H groups in total. The van der Waals surface area contributed by atoms with E-state index in [0.29, 0.717) is 5.56 Å². The van der Waals surface area contributed by atoms with Gasteiger partial charge in [0.2, 0.25) is 0 Å². The molecular formula is C18H19NO3. The van der Waals surface area contributed by atoms with E-state index in [1.54, 1.807) is 12.1 Å². The number of carbonyl (C=O) groups excluding carboxylic acids is 1. The first-order chi connectivity index (χ1) is 10.5. The molecule has 2 aromatic rings. The van der Waals surface area contributed by atoms with Gasteiger partial charge in [-0.25, -0.2) is 0 Å². The minimum absolute atomic E-state index is 0.0307. The van der Waals surface area contributed by atoms with E-state index in [2.05, 4.69) is 0 Å². The number of nitrogens with zero attached hydrogens (tertiary/aromatic N) is 1. The van der Waals surface area contributed by atoms with Crippen LogP contribution in [0.1, 0.15) is 23.2 Å². The number of ketones is 1. The molecule has 114 valence electrons. The van der Waals surface area contributed by atoms with Crippen molar-refractivity contribution in [3.05, 3.63) is 54.1 Å². The third-order valence-electron chi connectivity index (χ3n) is 3.47. The smallest absolute Gasteiger partial charge is 0.303 e. The van der Waals surface area contributed by atoms with Crippen LogP contribution in [0.15, 0.2) is 48.5 Å². The van der Waals surface area contributed by atoms with Gasteiger partial charge in [0.05, 0.1) is 6.42 Å². The molecule has 2 aromatic carbocycles. The van der Waals surface area contributed by atoms with Gasteiger partial charge in [0, 0.05) is 37.3 Å². The molecule has 0 aliphatic rings. The fourth-order valence-electron chi connectivity index (χ4n) is 2.31. The van der Waals surface area contributed by atoms with Crippen LogP contribution >= 0.6 is 0 Å². The number of hydrogen-bond donors (Lipinski definition) is 1. The van der Waals surface area contributed by atoms with Crippen molar-refractivity contribution < 1.29 is 14.7 Å². The normalized spacial score (nSPS) is 10.3. The molecule has 4 nitrogen and oxygen atoms in total. The van der Waals surface area contributed by atoms with Crippen molar-refractivity contribution in [2.75, 3.05) is 19.0 Å². The second-order valence-corrected chi connectivity index (χ2v) is 5.31. The molecule has 2 rings (SSSR count). The molecule has 0 amide bonds. The standard InChI is InChI=1S/C18H19NO3/c1-19(2)16-6-4-3-5-15(16)13-7-9-14(10-8-13)17(20)11-12-18(21)22/h3-10H,11-12H2,1-2H3,(H,21,22). The first-order valence-corrected chi connectivity index (χ1v) is 7.11. The molecule has 0 aromatic heterocycles. The van der Waals surface area contributed by atoms with Crippen molar-refractivity contribution in [3.8, 4) is 11.1 Å². The van der Waals surface area contributed by atoms with Crippen LogP contribution in [0, 0.1) is 0 Å². The molecule has 0 unspecified atom stereocenters. The number of carbonyl (C=O) groups is 2. The van der Waals surface area contributed by atoms with Crippen LogP contribution in [0.25, 0.3) is 11.1 Å². The molecule has 0 spiro atoms. The highest BCUT2D eigenvalue weighted by Crippen LogP contribution is 2.29. The van der Waals surface area contributed by atoms with Crippen molar-refractivity contribution in [1.82, 2.24) is 0 Å². The topological polar surface area (TPSA) is 57.6 Å². The number of carboxylic acid groups (broad SMARTS) is 1. The van der Waals surface area contributed by atoms with Gasteiger partial charge in [-0.3, -0.25) is 9.59 Å². The first kappa shape index (κ1) is 15.8. The Bertz CT molecular complexity index is 675. The van der Waals surface area contributed by atoms with Crippen LogP contribution in [-0.2, 0) is 4.79 Å².